The van der Waals surface area contributed by atoms with Crippen LogP contribution in [0.15, 0.2) is 47.8 Å². The fourth-order valence-corrected chi connectivity index (χ4v) is 4.57. The van der Waals surface area contributed by atoms with Crippen molar-refractivity contribution in [1.29, 1.82) is 0 Å². The van der Waals surface area contributed by atoms with E-state index in [2.05, 4.69) is 10.00 Å². The minimum absolute atomic E-state index is 0.0381. The molecule has 2 saturated heterocycles. The third kappa shape index (κ3) is 3.88. The number of carbonyl (C=O) groups excluding carboxylic acids is 1. The van der Waals surface area contributed by atoms with E-state index in [0.717, 1.165) is 32.6 Å². The van der Waals surface area contributed by atoms with Gasteiger partial charge < -0.3 is 19.5 Å². The standard InChI is InChI=1S/C20H27N5O3/c26-16-20-14-23(6-2-8-25-7-1-5-21-25)11-17(20)12-24(15-20)19(28)13-22-9-3-18(27)4-10-22/h1,3-5,7,9-10,17,26H,2,6,8,11-16H2. The molecule has 8 nitrogen and oxygen atoms in total. The average molecular weight is 385 g/mol. The zero-order valence-electron chi connectivity index (χ0n) is 16.0. The van der Waals surface area contributed by atoms with Crippen molar-refractivity contribution in [2.45, 2.75) is 19.5 Å². The molecule has 2 atom stereocenters. The smallest absolute Gasteiger partial charge is 0.242 e. The van der Waals surface area contributed by atoms with E-state index < -0.39 is 0 Å². The number of likely N-dealkylation sites (tertiary alicyclic amines) is 2. The van der Waals surface area contributed by atoms with Crippen molar-refractivity contribution in [1.82, 2.24) is 24.1 Å². The van der Waals surface area contributed by atoms with Crippen molar-refractivity contribution in [3.05, 3.63) is 53.2 Å². The fraction of sp³-hybridized carbons (Fsp3) is 0.550. The second-order valence-electron chi connectivity index (χ2n) is 8.06. The van der Waals surface area contributed by atoms with Crippen molar-refractivity contribution in [2.24, 2.45) is 11.3 Å². The predicted octanol–water partition coefficient (Wildman–Crippen LogP) is -0.112. The van der Waals surface area contributed by atoms with Crippen LogP contribution < -0.4 is 5.43 Å². The Morgan fingerprint density at radius 2 is 2.00 bits per heavy atom. The molecule has 2 aromatic heterocycles. The van der Waals surface area contributed by atoms with Crippen LogP contribution in [0.5, 0.6) is 0 Å². The summed E-state index contributed by atoms with van der Waals surface area (Å²) in [7, 11) is 0. The number of aromatic nitrogens is 3. The van der Waals surface area contributed by atoms with Gasteiger partial charge in [0.1, 0.15) is 6.54 Å². The number of nitrogens with zero attached hydrogens (tertiary/aromatic N) is 5. The predicted molar refractivity (Wildman–Crippen MR) is 104 cm³/mol. The Balaban J connectivity index is 1.31. The molecule has 2 aromatic rings. The van der Waals surface area contributed by atoms with Crippen molar-refractivity contribution in [3.8, 4) is 0 Å². The van der Waals surface area contributed by atoms with Crippen LogP contribution in [0.4, 0.5) is 0 Å². The van der Waals surface area contributed by atoms with Gasteiger partial charge in [-0.05, 0) is 24.9 Å². The highest BCUT2D eigenvalue weighted by Gasteiger charge is 2.52. The van der Waals surface area contributed by atoms with E-state index in [-0.39, 0.29) is 29.9 Å². The molecule has 0 radical (unpaired) electrons. The molecule has 4 rings (SSSR count). The van der Waals surface area contributed by atoms with Crippen molar-refractivity contribution in [3.63, 3.8) is 0 Å². The first-order chi connectivity index (χ1) is 13.6. The Morgan fingerprint density at radius 3 is 2.68 bits per heavy atom. The number of hydrogen-bond acceptors (Lipinski definition) is 5. The number of aliphatic hydroxyl groups is 1. The molecule has 0 aliphatic carbocycles. The van der Waals surface area contributed by atoms with E-state index in [1.54, 1.807) is 23.2 Å². The maximum absolute atomic E-state index is 12.7. The second kappa shape index (κ2) is 7.89. The maximum Gasteiger partial charge on any atom is 0.242 e. The highest BCUT2D eigenvalue weighted by Crippen LogP contribution is 2.42. The Bertz CT molecular complexity index is 844. The van der Waals surface area contributed by atoms with E-state index in [9.17, 15) is 14.7 Å². The summed E-state index contributed by atoms with van der Waals surface area (Å²) in [5.74, 6) is 0.344. The Kier molecular flexibility index (Phi) is 5.32. The number of hydrogen-bond donors (Lipinski definition) is 1. The molecule has 2 fully saturated rings. The van der Waals surface area contributed by atoms with Crippen LogP contribution in [0.1, 0.15) is 6.42 Å². The number of aryl methyl sites for hydroxylation is 1. The maximum atomic E-state index is 12.7. The lowest BCUT2D eigenvalue weighted by molar-refractivity contribution is -0.131. The number of rotatable bonds is 7. The topological polar surface area (TPSA) is 83.6 Å². The molecule has 2 aliphatic heterocycles. The molecule has 0 bridgehead atoms. The van der Waals surface area contributed by atoms with Crippen LogP contribution in [0.2, 0.25) is 0 Å². The highest BCUT2D eigenvalue weighted by atomic mass is 16.3. The van der Waals surface area contributed by atoms with Crippen LogP contribution in [0.3, 0.4) is 0 Å². The molecule has 1 amide bonds. The van der Waals surface area contributed by atoms with Gasteiger partial charge in [-0.1, -0.05) is 0 Å². The minimum Gasteiger partial charge on any atom is -0.396 e. The summed E-state index contributed by atoms with van der Waals surface area (Å²) in [6.07, 6.45) is 8.06. The Morgan fingerprint density at radius 1 is 1.18 bits per heavy atom. The summed E-state index contributed by atoms with van der Waals surface area (Å²) in [5.41, 5.74) is -0.281. The van der Waals surface area contributed by atoms with Gasteiger partial charge in [-0.3, -0.25) is 14.3 Å². The lowest BCUT2D eigenvalue weighted by Gasteiger charge is -2.27. The largest absolute Gasteiger partial charge is 0.396 e. The molecular formula is C20H27N5O3. The highest BCUT2D eigenvalue weighted by molar-refractivity contribution is 5.76. The lowest BCUT2D eigenvalue weighted by atomic mass is 9.82. The first-order valence-corrected chi connectivity index (χ1v) is 9.82. The van der Waals surface area contributed by atoms with Gasteiger partial charge in [0.25, 0.3) is 0 Å². The zero-order valence-corrected chi connectivity index (χ0v) is 16.0. The molecule has 28 heavy (non-hydrogen) atoms. The normalized spacial score (nSPS) is 24.6. The van der Waals surface area contributed by atoms with E-state index in [1.165, 1.54) is 12.1 Å². The molecular weight excluding hydrogens is 358 g/mol. The number of carbonyl (C=O) groups is 1. The Hall–Kier alpha value is -2.45. The van der Waals surface area contributed by atoms with Crippen LogP contribution in [0.25, 0.3) is 0 Å². The number of aliphatic hydroxyl groups excluding tert-OH is 1. The second-order valence-corrected chi connectivity index (χ2v) is 8.06. The molecule has 1 N–H and O–H groups in total. The fourth-order valence-electron chi connectivity index (χ4n) is 4.57. The van der Waals surface area contributed by atoms with Gasteiger partial charge in [-0.15, -0.1) is 0 Å². The summed E-state index contributed by atoms with van der Waals surface area (Å²) in [5, 5.41) is 14.4. The molecule has 8 heteroatoms. The molecule has 0 saturated carbocycles. The molecule has 2 unspecified atom stereocenters. The van der Waals surface area contributed by atoms with Gasteiger partial charge in [-0.2, -0.15) is 5.10 Å². The summed E-state index contributed by atoms with van der Waals surface area (Å²) in [4.78, 5) is 28.2. The lowest BCUT2D eigenvalue weighted by Crippen LogP contribution is -2.40. The van der Waals surface area contributed by atoms with Crippen LogP contribution in [-0.2, 0) is 17.9 Å². The molecule has 0 aromatic carbocycles. The van der Waals surface area contributed by atoms with Crippen molar-refractivity contribution < 1.29 is 9.90 Å². The van der Waals surface area contributed by atoms with Crippen molar-refractivity contribution in [2.75, 3.05) is 39.3 Å². The summed E-state index contributed by atoms with van der Waals surface area (Å²) < 4.78 is 3.67. The molecule has 4 heterocycles. The zero-order chi connectivity index (χ0) is 19.6. The third-order valence-electron chi connectivity index (χ3n) is 6.10. The summed E-state index contributed by atoms with van der Waals surface area (Å²) in [6.45, 7) is 5.24. The van der Waals surface area contributed by atoms with Gasteiger partial charge in [0.05, 0.1) is 6.61 Å². The van der Waals surface area contributed by atoms with Gasteiger partial charge in [0, 0.05) is 75.1 Å². The summed E-state index contributed by atoms with van der Waals surface area (Å²) in [6, 6.07) is 4.85. The van der Waals surface area contributed by atoms with E-state index >= 15 is 0 Å². The Labute approximate surface area is 164 Å². The number of fused-ring (bicyclic) bond motifs is 1. The van der Waals surface area contributed by atoms with Gasteiger partial charge in [0.2, 0.25) is 5.91 Å². The van der Waals surface area contributed by atoms with Crippen LogP contribution in [-0.4, -0.2) is 74.5 Å². The SMILES string of the molecule is O=C(Cn1ccc(=O)cc1)N1CC2CN(CCCn3cccn3)CC2(CO)C1. The minimum atomic E-state index is -0.217. The quantitative estimate of drug-likeness (QED) is 0.719. The number of amides is 1. The van der Waals surface area contributed by atoms with Crippen molar-refractivity contribution >= 4 is 5.91 Å². The monoisotopic (exact) mass is 385 g/mol. The van der Waals surface area contributed by atoms with Gasteiger partial charge in [0.15, 0.2) is 5.43 Å². The first kappa shape index (κ1) is 18.9. The van der Waals surface area contributed by atoms with Gasteiger partial charge in [-0.25, -0.2) is 0 Å². The summed E-state index contributed by atoms with van der Waals surface area (Å²) >= 11 is 0. The van der Waals surface area contributed by atoms with E-state index in [1.807, 2.05) is 21.8 Å². The first-order valence-electron chi connectivity index (χ1n) is 9.82. The van der Waals surface area contributed by atoms with E-state index in [4.69, 9.17) is 0 Å². The van der Waals surface area contributed by atoms with Crippen LogP contribution in [0, 0.1) is 11.3 Å². The average Bonchev–Trinajstić information content (AvgIpc) is 3.38. The third-order valence-corrected chi connectivity index (χ3v) is 6.10. The van der Waals surface area contributed by atoms with Gasteiger partial charge >= 0.3 is 0 Å². The van der Waals surface area contributed by atoms with Crippen LogP contribution >= 0.6 is 0 Å². The van der Waals surface area contributed by atoms with E-state index in [0.29, 0.717) is 19.0 Å². The molecule has 150 valence electrons. The number of pyridine rings is 1. The molecule has 2 aliphatic rings. The molecule has 0 spiro atoms.